The molecule has 2 aromatic carbocycles. The highest BCUT2D eigenvalue weighted by molar-refractivity contribution is 5.98. The van der Waals surface area contributed by atoms with Crippen LogP contribution >= 0.6 is 0 Å². The molecule has 1 aliphatic heterocycles. The molecule has 1 fully saturated rings. The van der Waals surface area contributed by atoms with Gasteiger partial charge in [0.1, 0.15) is 41.5 Å². The monoisotopic (exact) mass is 462 g/mol. The van der Waals surface area contributed by atoms with Crippen LogP contribution in [0.25, 0.3) is 22.1 Å². The highest BCUT2D eigenvalue weighted by Crippen LogP contribution is 2.40. The Labute approximate surface area is 186 Å². The number of hydrogen-bond donors (Lipinski definition) is 6. The molecule has 0 radical (unpaired) electrons. The second kappa shape index (κ2) is 8.89. The number of aromatic hydroxyl groups is 2. The Balaban J connectivity index is 1.88. The van der Waals surface area contributed by atoms with Crippen LogP contribution in [0.15, 0.2) is 45.6 Å². The van der Waals surface area contributed by atoms with Gasteiger partial charge in [0, 0.05) is 23.8 Å². The minimum atomic E-state index is -1.68. The third-order valence-corrected chi connectivity index (χ3v) is 5.40. The van der Waals surface area contributed by atoms with Crippen LogP contribution in [0.4, 0.5) is 0 Å². The number of phenols is 2. The number of methoxy groups -OCH3 is 1. The minimum absolute atomic E-state index is 0.0139. The summed E-state index contributed by atoms with van der Waals surface area (Å²) in [4.78, 5) is 12.2. The van der Waals surface area contributed by atoms with E-state index in [4.69, 9.17) is 18.6 Å². The van der Waals surface area contributed by atoms with Crippen molar-refractivity contribution in [1.29, 1.82) is 0 Å². The first-order valence-electron chi connectivity index (χ1n) is 9.89. The van der Waals surface area contributed by atoms with Crippen molar-refractivity contribution in [3.8, 4) is 34.1 Å². The second-order valence-electron chi connectivity index (χ2n) is 7.50. The summed E-state index contributed by atoms with van der Waals surface area (Å²) < 4.78 is 21.8. The van der Waals surface area contributed by atoms with E-state index in [2.05, 4.69) is 0 Å². The summed E-state index contributed by atoms with van der Waals surface area (Å²) in [5.41, 5.74) is -0.0630. The highest BCUT2D eigenvalue weighted by atomic mass is 16.7. The number of aliphatic hydroxyl groups excluding tert-OH is 4. The Morgan fingerprint density at radius 2 is 1.73 bits per heavy atom. The number of rotatable bonds is 5. The van der Waals surface area contributed by atoms with Gasteiger partial charge in [0.2, 0.25) is 6.29 Å². The van der Waals surface area contributed by atoms with Gasteiger partial charge < -0.3 is 49.3 Å². The maximum Gasteiger partial charge on any atom is 0.336 e. The van der Waals surface area contributed by atoms with Crippen molar-refractivity contribution in [2.45, 2.75) is 30.7 Å². The molecule has 176 valence electrons. The molecule has 11 heteroatoms. The third-order valence-electron chi connectivity index (χ3n) is 5.40. The molecule has 3 aromatic rings. The molecular formula is C22H22O11. The van der Waals surface area contributed by atoms with Crippen molar-refractivity contribution in [1.82, 2.24) is 0 Å². The Hall–Kier alpha value is -3.35. The molecular weight excluding hydrogens is 440 g/mol. The fraction of sp³-hybridized carbons (Fsp3) is 0.318. The normalized spacial score (nSPS) is 25.2. The lowest BCUT2D eigenvalue weighted by molar-refractivity contribution is -0.277. The fourth-order valence-corrected chi connectivity index (χ4v) is 3.66. The smallest absolute Gasteiger partial charge is 0.336 e. The van der Waals surface area contributed by atoms with E-state index < -0.39 is 48.7 Å². The topological polar surface area (TPSA) is 179 Å². The lowest BCUT2D eigenvalue weighted by atomic mass is 9.99. The number of benzene rings is 2. The molecule has 0 amide bonds. The van der Waals surface area contributed by atoms with Crippen molar-refractivity contribution in [3.63, 3.8) is 0 Å². The zero-order valence-electron chi connectivity index (χ0n) is 17.3. The predicted octanol–water partition coefficient (Wildman–Crippen LogP) is 0.0585. The fourth-order valence-electron chi connectivity index (χ4n) is 3.66. The maximum atomic E-state index is 12.2. The number of fused-ring (bicyclic) bond motifs is 1. The summed E-state index contributed by atoms with van der Waals surface area (Å²) in [5.74, 6) is -0.528. The molecule has 0 unspecified atom stereocenters. The Kier molecular flexibility index (Phi) is 6.15. The standard InChI is InChI=1S/C22H22O11/c1-30-10-5-14-18(11(7-17(26)31-14)9-2-3-12(24)13(25)4-9)15(6-10)32-22-21(29)20(28)19(27)16(8-23)33-22/h2-7,16,19-25,27-29H,8H2,1H3/t16-,19+,20-,21+,22+/m0/s1. The van der Waals surface area contributed by atoms with Crippen LogP contribution < -0.4 is 15.1 Å². The molecule has 1 aromatic heterocycles. The maximum absolute atomic E-state index is 12.2. The van der Waals surface area contributed by atoms with E-state index in [9.17, 15) is 35.4 Å². The van der Waals surface area contributed by atoms with Crippen molar-refractivity contribution in [2.75, 3.05) is 13.7 Å². The van der Waals surface area contributed by atoms with Crippen LogP contribution in [0.5, 0.6) is 23.0 Å². The van der Waals surface area contributed by atoms with E-state index in [1.165, 1.54) is 37.4 Å². The Morgan fingerprint density at radius 3 is 2.39 bits per heavy atom. The van der Waals surface area contributed by atoms with Gasteiger partial charge in [-0.15, -0.1) is 0 Å². The van der Waals surface area contributed by atoms with Gasteiger partial charge in [0.25, 0.3) is 0 Å². The lowest BCUT2D eigenvalue weighted by Crippen LogP contribution is -2.60. The quantitative estimate of drug-likeness (QED) is 0.223. The first-order chi connectivity index (χ1) is 15.7. The van der Waals surface area contributed by atoms with Crippen LogP contribution in [0, 0.1) is 0 Å². The van der Waals surface area contributed by atoms with Crippen molar-refractivity contribution in [2.24, 2.45) is 0 Å². The molecule has 0 spiro atoms. The van der Waals surface area contributed by atoms with Crippen molar-refractivity contribution in [3.05, 3.63) is 46.8 Å². The van der Waals surface area contributed by atoms with Crippen molar-refractivity contribution < 1.29 is 49.3 Å². The Bertz CT molecular complexity index is 1220. The van der Waals surface area contributed by atoms with Gasteiger partial charge in [0.15, 0.2) is 11.5 Å². The summed E-state index contributed by atoms with van der Waals surface area (Å²) >= 11 is 0. The molecule has 4 rings (SSSR count). The van der Waals surface area contributed by atoms with E-state index >= 15 is 0 Å². The number of hydrogen-bond acceptors (Lipinski definition) is 11. The van der Waals surface area contributed by atoms with Crippen molar-refractivity contribution >= 4 is 11.0 Å². The minimum Gasteiger partial charge on any atom is -0.504 e. The first kappa shape index (κ1) is 22.8. The Morgan fingerprint density at radius 1 is 0.970 bits per heavy atom. The van der Waals surface area contributed by atoms with Crippen LogP contribution in [0.2, 0.25) is 0 Å². The predicted molar refractivity (Wildman–Crippen MR) is 112 cm³/mol. The van der Waals surface area contributed by atoms with Crippen LogP contribution in [-0.4, -0.2) is 75.1 Å². The molecule has 5 atom stereocenters. The highest BCUT2D eigenvalue weighted by Gasteiger charge is 2.45. The molecule has 0 saturated carbocycles. The average Bonchev–Trinajstić information content (AvgIpc) is 2.80. The van der Waals surface area contributed by atoms with E-state index in [0.29, 0.717) is 5.56 Å². The summed E-state index contributed by atoms with van der Waals surface area (Å²) in [6.07, 6.45) is -7.62. The van der Waals surface area contributed by atoms with E-state index in [1.807, 2.05) is 0 Å². The van der Waals surface area contributed by atoms with Gasteiger partial charge >= 0.3 is 5.63 Å². The van der Waals surface area contributed by atoms with Gasteiger partial charge in [-0.1, -0.05) is 6.07 Å². The lowest BCUT2D eigenvalue weighted by Gasteiger charge is -2.39. The summed E-state index contributed by atoms with van der Waals surface area (Å²) in [6.45, 7) is -0.642. The zero-order valence-corrected chi connectivity index (χ0v) is 17.3. The molecule has 0 aliphatic carbocycles. The molecule has 1 aliphatic rings. The number of phenolic OH excluding ortho intramolecular Hbond substituents is 2. The summed E-state index contributed by atoms with van der Waals surface area (Å²) in [7, 11) is 1.37. The van der Waals surface area contributed by atoms with Crippen LogP contribution in [0.1, 0.15) is 0 Å². The second-order valence-corrected chi connectivity index (χ2v) is 7.50. The van der Waals surface area contributed by atoms with Gasteiger partial charge in [-0.3, -0.25) is 0 Å². The van der Waals surface area contributed by atoms with Gasteiger partial charge in [0.05, 0.1) is 19.1 Å². The zero-order chi connectivity index (χ0) is 23.9. The number of aliphatic hydroxyl groups is 4. The van der Waals surface area contributed by atoms with Crippen LogP contribution in [-0.2, 0) is 4.74 Å². The molecule has 6 N–H and O–H groups in total. The largest absolute Gasteiger partial charge is 0.504 e. The van der Waals surface area contributed by atoms with E-state index in [0.717, 1.165) is 6.07 Å². The SMILES string of the molecule is COc1cc(O[C@@H]2O[C@@H](CO)[C@@H](O)[C@H](O)[C@H]2O)c2c(-c3ccc(O)c(O)c3)cc(=O)oc2c1. The molecule has 1 saturated heterocycles. The molecule has 0 bridgehead atoms. The van der Waals surface area contributed by atoms with Gasteiger partial charge in [-0.05, 0) is 17.7 Å². The summed E-state index contributed by atoms with van der Waals surface area (Å²) in [5, 5.41) is 59.7. The first-order valence-corrected chi connectivity index (χ1v) is 9.89. The number of ether oxygens (including phenoxy) is 3. The van der Waals surface area contributed by atoms with Crippen LogP contribution in [0.3, 0.4) is 0 Å². The van der Waals surface area contributed by atoms with Gasteiger partial charge in [-0.25, -0.2) is 4.79 Å². The molecule has 33 heavy (non-hydrogen) atoms. The molecule has 2 heterocycles. The van der Waals surface area contributed by atoms with E-state index in [1.54, 1.807) is 0 Å². The molecule has 11 nitrogen and oxygen atoms in total. The average molecular weight is 462 g/mol. The summed E-state index contributed by atoms with van der Waals surface area (Å²) in [6, 6.07) is 7.96. The third kappa shape index (κ3) is 4.19. The van der Waals surface area contributed by atoms with E-state index in [-0.39, 0.29) is 33.8 Å². The van der Waals surface area contributed by atoms with Gasteiger partial charge in [-0.2, -0.15) is 0 Å².